The van der Waals surface area contributed by atoms with Crippen LogP contribution in [0.1, 0.15) is 19.4 Å². The topological polar surface area (TPSA) is 97.4 Å². The number of anilines is 2. The van der Waals surface area contributed by atoms with Crippen LogP contribution >= 0.6 is 0 Å². The van der Waals surface area contributed by atoms with E-state index in [4.69, 9.17) is 14.2 Å². The summed E-state index contributed by atoms with van der Waals surface area (Å²) in [7, 11) is -2.17. The lowest BCUT2D eigenvalue weighted by molar-refractivity contribution is -0.118. The third-order valence-electron chi connectivity index (χ3n) is 5.63. The first-order valence-electron chi connectivity index (χ1n) is 11.3. The molecule has 10 heteroatoms. The average molecular weight is 492 g/mol. The maximum atomic E-state index is 13.2. The van der Waals surface area contributed by atoms with Gasteiger partial charge in [-0.2, -0.15) is 4.31 Å². The summed E-state index contributed by atoms with van der Waals surface area (Å²) in [5.41, 5.74) is 2.17. The highest BCUT2D eigenvalue weighted by molar-refractivity contribution is 7.89. The average Bonchev–Trinajstić information content (AvgIpc) is 2.85. The van der Waals surface area contributed by atoms with Crippen LogP contribution in [0.5, 0.6) is 11.5 Å². The van der Waals surface area contributed by atoms with Gasteiger partial charge in [-0.1, -0.05) is 6.07 Å². The van der Waals surface area contributed by atoms with Crippen molar-refractivity contribution in [3.05, 3.63) is 42.0 Å². The van der Waals surface area contributed by atoms with Gasteiger partial charge in [-0.25, -0.2) is 8.42 Å². The number of carbonyl (C=O) groups excluding carboxylic acids is 1. The van der Waals surface area contributed by atoms with E-state index >= 15 is 0 Å². The number of methoxy groups -OCH3 is 1. The molecule has 0 radical (unpaired) electrons. The van der Waals surface area contributed by atoms with Crippen LogP contribution in [0.15, 0.2) is 41.3 Å². The number of benzene rings is 2. The predicted molar refractivity (Wildman–Crippen MR) is 131 cm³/mol. The Hall–Kier alpha value is -2.82. The largest absolute Gasteiger partial charge is 0.493 e. The summed E-state index contributed by atoms with van der Waals surface area (Å²) in [6, 6.07) is 10.3. The number of hydrogen-bond donors (Lipinski definition) is 1. The fourth-order valence-electron chi connectivity index (χ4n) is 3.78. The predicted octanol–water partition coefficient (Wildman–Crippen LogP) is 2.89. The highest BCUT2D eigenvalue weighted by Crippen LogP contribution is 2.31. The summed E-state index contributed by atoms with van der Waals surface area (Å²) in [4.78, 5) is 15.0. The molecule has 0 spiro atoms. The zero-order valence-corrected chi connectivity index (χ0v) is 21.0. The number of nitrogens with zero attached hydrogens (tertiary/aromatic N) is 2. The fourth-order valence-corrected chi connectivity index (χ4v) is 5.21. The van der Waals surface area contributed by atoms with Crippen molar-refractivity contribution in [3.8, 4) is 11.5 Å². The molecule has 0 saturated carbocycles. The molecule has 0 aromatic heterocycles. The van der Waals surface area contributed by atoms with Crippen LogP contribution in [0.3, 0.4) is 0 Å². The molecule has 3 rings (SSSR count). The van der Waals surface area contributed by atoms with E-state index < -0.39 is 15.9 Å². The number of amides is 1. The van der Waals surface area contributed by atoms with Gasteiger partial charge in [-0.3, -0.25) is 4.79 Å². The molecule has 0 aliphatic carbocycles. The number of aryl methyl sites for hydroxylation is 1. The van der Waals surface area contributed by atoms with Gasteiger partial charge in [0.25, 0.3) is 5.91 Å². The molecular weight excluding hydrogens is 458 g/mol. The minimum absolute atomic E-state index is 0.127. The highest BCUT2D eigenvalue weighted by atomic mass is 32.2. The van der Waals surface area contributed by atoms with Gasteiger partial charge in [0.2, 0.25) is 10.0 Å². The first-order chi connectivity index (χ1) is 16.3. The molecule has 186 valence electrons. The van der Waals surface area contributed by atoms with Crippen LogP contribution in [0.4, 0.5) is 11.4 Å². The molecule has 9 nitrogen and oxygen atoms in total. The Morgan fingerprint density at radius 1 is 1.09 bits per heavy atom. The Labute approximate surface area is 201 Å². The molecule has 2 aromatic carbocycles. The number of ether oxygens (including phenoxy) is 3. The minimum atomic E-state index is -3.71. The van der Waals surface area contributed by atoms with Crippen molar-refractivity contribution in [3.63, 3.8) is 0 Å². The third kappa shape index (κ3) is 5.99. The van der Waals surface area contributed by atoms with Crippen LogP contribution < -0.4 is 19.7 Å². The first-order valence-corrected chi connectivity index (χ1v) is 12.8. The Morgan fingerprint density at radius 3 is 2.44 bits per heavy atom. The van der Waals surface area contributed by atoms with Crippen LogP contribution in [0, 0.1) is 6.92 Å². The molecule has 0 unspecified atom stereocenters. The summed E-state index contributed by atoms with van der Waals surface area (Å²) >= 11 is 0. The molecule has 1 heterocycles. The van der Waals surface area contributed by atoms with Gasteiger partial charge in [0.1, 0.15) is 0 Å². The van der Waals surface area contributed by atoms with Gasteiger partial charge in [0.15, 0.2) is 18.1 Å². The lowest BCUT2D eigenvalue weighted by Gasteiger charge is -2.28. The second kappa shape index (κ2) is 11.5. The van der Waals surface area contributed by atoms with E-state index in [0.29, 0.717) is 56.6 Å². The Kier molecular flexibility index (Phi) is 8.76. The number of hydrogen-bond acceptors (Lipinski definition) is 7. The van der Waals surface area contributed by atoms with Crippen molar-refractivity contribution in [1.29, 1.82) is 0 Å². The number of morpholine rings is 1. The molecule has 1 saturated heterocycles. The van der Waals surface area contributed by atoms with E-state index in [-0.39, 0.29) is 11.5 Å². The maximum Gasteiger partial charge on any atom is 0.262 e. The van der Waals surface area contributed by atoms with Gasteiger partial charge >= 0.3 is 0 Å². The van der Waals surface area contributed by atoms with Crippen LogP contribution in [-0.2, 0) is 19.6 Å². The maximum absolute atomic E-state index is 13.2. The summed E-state index contributed by atoms with van der Waals surface area (Å²) in [6.45, 7) is 8.41. The molecule has 0 atom stereocenters. The molecule has 1 N–H and O–H groups in total. The van der Waals surface area contributed by atoms with Gasteiger partial charge in [-0.15, -0.1) is 0 Å². The fraction of sp³-hybridized carbons (Fsp3) is 0.458. The van der Waals surface area contributed by atoms with Gasteiger partial charge in [0.05, 0.1) is 36.6 Å². The molecule has 1 aliphatic rings. The lowest BCUT2D eigenvalue weighted by Crippen LogP contribution is -2.40. The molecule has 34 heavy (non-hydrogen) atoms. The van der Waals surface area contributed by atoms with E-state index in [1.807, 2.05) is 37.8 Å². The van der Waals surface area contributed by atoms with Gasteiger partial charge in [0, 0.05) is 26.2 Å². The molecule has 1 aliphatic heterocycles. The van der Waals surface area contributed by atoms with E-state index in [0.717, 1.165) is 11.3 Å². The van der Waals surface area contributed by atoms with Crippen LogP contribution in [0.2, 0.25) is 0 Å². The van der Waals surface area contributed by atoms with Crippen LogP contribution in [0.25, 0.3) is 0 Å². The van der Waals surface area contributed by atoms with Crippen molar-refractivity contribution in [2.24, 2.45) is 0 Å². The summed E-state index contributed by atoms with van der Waals surface area (Å²) in [5.74, 6) is 0.586. The van der Waals surface area contributed by atoms with E-state index in [1.165, 1.54) is 10.4 Å². The molecule has 1 fully saturated rings. The van der Waals surface area contributed by atoms with E-state index in [1.54, 1.807) is 25.3 Å². The van der Waals surface area contributed by atoms with E-state index in [9.17, 15) is 13.2 Å². The first kappa shape index (κ1) is 25.8. The van der Waals surface area contributed by atoms with Crippen LogP contribution in [-0.4, -0.2) is 71.7 Å². The van der Waals surface area contributed by atoms with Crippen molar-refractivity contribution < 1.29 is 27.4 Å². The standard InChI is InChI=1S/C24H33N3O6S/c1-5-26(6-2)21-9-8-19(34(29,30)27-11-13-32-14-12-27)16-20(21)25-24(28)17-33-22-10-7-18(3)15-23(22)31-4/h7-10,15-16H,5-6,11-14,17H2,1-4H3,(H,25,28). The second-order valence-electron chi connectivity index (χ2n) is 7.86. The normalized spacial score (nSPS) is 14.5. The quantitative estimate of drug-likeness (QED) is 0.546. The highest BCUT2D eigenvalue weighted by Gasteiger charge is 2.27. The number of sulfonamides is 1. The molecule has 1 amide bonds. The molecule has 0 bridgehead atoms. The molecular formula is C24H33N3O6S. The monoisotopic (exact) mass is 491 g/mol. The Balaban J connectivity index is 1.84. The summed E-state index contributed by atoms with van der Waals surface area (Å²) in [5, 5.41) is 2.84. The summed E-state index contributed by atoms with van der Waals surface area (Å²) in [6.07, 6.45) is 0. The Morgan fingerprint density at radius 2 is 1.79 bits per heavy atom. The summed E-state index contributed by atoms with van der Waals surface area (Å²) < 4.78 is 44.0. The van der Waals surface area contributed by atoms with Crippen molar-refractivity contribution in [1.82, 2.24) is 4.31 Å². The smallest absolute Gasteiger partial charge is 0.262 e. The third-order valence-corrected chi connectivity index (χ3v) is 7.53. The molecule has 2 aromatic rings. The zero-order valence-electron chi connectivity index (χ0n) is 20.2. The second-order valence-corrected chi connectivity index (χ2v) is 9.80. The number of carbonyl (C=O) groups is 1. The SMILES string of the molecule is CCN(CC)c1ccc(S(=O)(=O)N2CCOCC2)cc1NC(=O)COc1ccc(C)cc1OC. The number of rotatable bonds is 10. The zero-order chi connectivity index (χ0) is 24.7. The minimum Gasteiger partial charge on any atom is -0.493 e. The Bertz CT molecular complexity index is 1100. The van der Waals surface area contributed by atoms with Crippen molar-refractivity contribution in [2.75, 3.05) is 63.3 Å². The van der Waals surface area contributed by atoms with Gasteiger partial charge in [-0.05, 0) is 56.7 Å². The van der Waals surface area contributed by atoms with Gasteiger partial charge < -0.3 is 24.4 Å². The number of nitrogens with one attached hydrogen (secondary N) is 1. The lowest BCUT2D eigenvalue weighted by atomic mass is 10.2. The van der Waals surface area contributed by atoms with E-state index in [2.05, 4.69) is 5.32 Å². The van der Waals surface area contributed by atoms with Crippen molar-refractivity contribution >= 4 is 27.3 Å². The van der Waals surface area contributed by atoms with Crippen molar-refractivity contribution in [2.45, 2.75) is 25.7 Å².